The zero-order valence-electron chi connectivity index (χ0n) is 13.3. The van der Waals surface area contributed by atoms with Gasteiger partial charge in [-0.1, -0.05) is 6.42 Å². The normalized spacial score (nSPS) is 25.2. The first-order chi connectivity index (χ1) is 10.2. The summed E-state index contributed by atoms with van der Waals surface area (Å²) in [4.78, 5) is 5.22. The van der Waals surface area contributed by atoms with Crippen LogP contribution in [-0.4, -0.2) is 63.0 Å². The van der Waals surface area contributed by atoms with Gasteiger partial charge in [-0.2, -0.15) is 5.10 Å². The number of hydrogen-bond acceptors (Lipinski definition) is 4. The summed E-state index contributed by atoms with van der Waals surface area (Å²) in [7, 11) is 0. The molecule has 2 fully saturated rings. The van der Waals surface area contributed by atoms with E-state index in [4.69, 9.17) is 5.11 Å². The van der Waals surface area contributed by atoms with E-state index in [9.17, 15) is 0 Å². The minimum Gasteiger partial charge on any atom is -0.394 e. The summed E-state index contributed by atoms with van der Waals surface area (Å²) >= 11 is 0. The molecule has 21 heavy (non-hydrogen) atoms. The predicted molar refractivity (Wildman–Crippen MR) is 83.1 cm³/mol. The van der Waals surface area contributed by atoms with Gasteiger partial charge in [-0.3, -0.25) is 14.5 Å². The number of hydrogen-bond donors (Lipinski definition) is 1. The van der Waals surface area contributed by atoms with Crippen LogP contribution >= 0.6 is 0 Å². The quantitative estimate of drug-likeness (QED) is 0.887. The van der Waals surface area contributed by atoms with Gasteiger partial charge in [0.05, 0.1) is 18.8 Å². The highest BCUT2D eigenvalue weighted by atomic mass is 16.3. The van der Waals surface area contributed by atoms with E-state index in [1.54, 1.807) is 0 Å². The molecule has 1 unspecified atom stereocenters. The molecule has 0 radical (unpaired) electrons. The van der Waals surface area contributed by atoms with Crippen LogP contribution in [0.3, 0.4) is 0 Å². The number of aliphatic hydroxyl groups excluding tert-OH is 1. The Morgan fingerprint density at radius 2 is 2.14 bits per heavy atom. The van der Waals surface area contributed by atoms with Crippen molar-refractivity contribution in [2.45, 2.75) is 58.3 Å². The molecule has 0 aliphatic carbocycles. The van der Waals surface area contributed by atoms with Gasteiger partial charge >= 0.3 is 0 Å². The van der Waals surface area contributed by atoms with Crippen LogP contribution in [-0.2, 0) is 13.1 Å². The number of piperidine rings is 1. The third kappa shape index (κ3) is 3.30. The summed E-state index contributed by atoms with van der Waals surface area (Å²) < 4.78 is 1.86. The number of likely N-dealkylation sites (tertiary alicyclic amines) is 2. The Bertz CT molecular complexity index is 467. The van der Waals surface area contributed by atoms with Crippen molar-refractivity contribution in [3.8, 4) is 0 Å². The summed E-state index contributed by atoms with van der Waals surface area (Å²) in [6.45, 7) is 9.85. The van der Waals surface area contributed by atoms with Crippen molar-refractivity contribution in [3.63, 3.8) is 0 Å². The maximum absolute atomic E-state index is 8.99. The number of aryl methyl sites for hydroxylation is 1. The third-order valence-corrected chi connectivity index (χ3v) is 5.03. The molecule has 0 saturated carbocycles. The molecule has 2 saturated heterocycles. The zero-order valence-corrected chi connectivity index (χ0v) is 13.3. The molecule has 0 spiro atoms. The van der Waals surface area contributed by atoms with Gasteiger partial charge in [0, 0.05) is 43.5 Å². The van der Waals surface area contributed by atoms with Crippen molar-refractivity contribution in [3.05, 3.63) is 17.5 Å². The van der Waals surface area contributed by atoms with Gasteiger partial charge in [0.1, 0.15) is 0 Å². The number of rotatable bonds is 5. The van der Waals surface area contributed by atoms with Crippen LogP contribution in [0, 0.1) is 6.92 Å². The molecule has 1 aromatic rings. The molecular formula is C16H28N4O. The molecular weight excluding hydrogens is 264 g/mol. The highest BCUT2D eigenvalue weighted by Crippen LogP contribution is 2.25. The topological polar surface area (TPSA) is 44.5 Å². The Balaban J connectivity index is 1.50. The van der Waals surface area contributed by atoms with Crippen molar-refractivity contribution >= 4 is 0 Å². The van der Waals surface area contributed by atoms with Crippen molar-refractivity contribution in [2.24, 2.45) is 0 Å². The Morgan fingerprint density at radius 1 is 1.33 bits per heavy atom. The van der Waals surface area contributed by atoms with E-state index in [1.807, 2.05) is 4.68 Å². The van der Waals surface area contributed by atoms with Gasteiger partial charge in [-0.25, -0.2) is 0 Å². The van der Waals surface area contributed by atoms with E-state index in [1.165, 1.54) is 44.5 Å². The third-order valence-electron chi connectivity index (χ3n) is 5.03. The molecule has 2 aliphatic heterocycles. The largest absolute Gasteiger partial charge is 0.394 e. The Morgan fingerprint density at radius 3 is 2.86 bits per heavy atom. The molecule has 1 aromatic heterocycles. The fraction of sp³-hybridized carbons (Fsp3) is 0.812. The van der Waals surface area contributed by atoms with Crippen molar-refractivity contribution in [1.82, 2.24) is 19.6 Å². The van der Waals surface area contributed by atoms with Crippen LogP contribution in [0.4, 0.5) is 0 Å². The molecule has 0 bridgehead atoms. The molecule has 0 aromatic carbocycles. The maximum Gasteiger partial charge on any atom is 0.0641 e. The van der Waals surface area contributed by atoms with Crippen LogP contribution in [0.25, 0.3) is 0 Å². The van der Waals surface area contributed by atoms with Gasteiger partial charge in [-0.05, 0) is 33.2 Å². The number of aromatic nitrogens is 2. The molecule has 2 aliphatic rings. The molecule has 118 valence electrons. The summed E-state index contributed by atoms with van der Waals surface area (Å²) in [5.74, 6) is 0. The lowest BCUT2D eigenvalue weighted by atomic mass is 9.97. The van der Waals surface area contributed by atoms with E-state index < -0.39 is 0 Å². The lowest BCUT2D eigenvalue weighted by Gasteiger charge is -2.49. The Kier molecular flexibility index (Phi) is 4.62. The Hall–Kier alpha value is -0.910. The van der Waals surface area contributed by atoms with E-state index in [-0.39, 0.29) is 6.61 Å². The average Bonchev–Trinajstić information content (AvgIpc) is 2.75. The van der Waals surface area contributed by atoms with E-state index >= 15 is 0 Å². The van der Waals surface area contributed by atoms with Crippen LogP contribution in [0.15, 0.2) is 6.20 Å². The molecule has 0 amide bonds. The smallest absolute Gasteiger partial charge is 0.0641 e. The second-order valence-electron chi connectivity index (χ2n) is 6.66. The number of nitrogens with zero attached hydrogens (tertiary/aromatic N) is 4. The molecule has 5 nitrogen and oxygen atoms in total. The fourth-order valence-electron chi connectivity index (χ4n) is 3.72. The van der Waals surface area contributed by atoms with Crippen LogP contribution in [0.5, 0.6) is 0 Å². The molecule has 1 atom stereocenters. The fourth-order valence-corrected chi connectivity index (χ4v) is 3.72. The van der Waals surface area contributed by atoms with E-state index in [0.717, 1.165) is 24.3 Å². The monoisotopic (exact) mass is 292 g/mol. The molecule has 3 heterocycles. The second kappa shape index (κ2) is 6.46. The van der Waals surface area contributed by atoms with E-state index in [2.05, 4.69) is 34.9 Å². The Labute approximate surface area is 127 Å². The first-order valence-electron chi connectivity index (χ1n) is 8.29. The van der Waals surface area contributed by atoms with Crippen LogP contribution in [0.2, 0.25) is 0 Å². The summed E-state index contributed by atoms with van der Waals surface area (Å²) in [5.41, 5.74) is 2.40. The highest BCUT2D eigenvalue weighted by molar-refractivity contribution is 5.16. The lowest BCUT2D eigenvalue weighted by molar-refractivity contribution is -0.00629. The van der Waals surface area contributed by atoms with Gasteiger partial charge in [0.2, 0.25) is 0 Å². The minimum absolute atomic E-state index is 0.152. The number of aliphatic hydroxyl groups is 1. The second-order valence-corrected chi connectivity index (χ2v) is 6.66. The summed E-state index contributed by atoms with van der Waals surface area (Å²) in [6, 6.07) is 1.52. The SMILES string of the molecule is Cc1nn(CCO)cc1CN1CC(N2CCCCC2C)C1. The molecule has 3 rings (SSSR count). The summed E-state index contributed by atoms with van der Waals surface area (Å²) in [6.07, 6.45) is 6.22. The first kappa shape index (κ1) is 15.0. The summed E-state index contributed by atoms with van der Waals surface area (Å²) in [5, 5.41) is 13.4. The zero-order chi connectivity index (χ0) is 14.8. The average molecular weight is 292 g/mol. The molecule has 5 heteroatoms. The van der Waals surface area contributed by atoms with Crippen molar-refractivity contribution in [1.29, 1.82) is 0 Å². The first-order valence-corrected chi connectivity index (χ1v) is 8.29. The van der Waals surface area contributed by atoms with Gasteiger partial charge in [0.15, 0.2) is 0 Å². The van der Waals surface area contributed by atoms with Crippen LogP contribution < -0.4 is 0 Å². The molecule has 1 N–H and O–H groups in total. The van der Waals surface area contributed by atoms with Gasteiger partial charge in [-0.15, -0.1) is 0 Å². The minimum atomic E-state index is 0.152. The standard InChI is InChI=1S/C16H28N4O/c1-13-5-3-4-6-20(13)16-11-18(12-16)9-15-10-19(7-8-21)17-14(15)2/h10,13,16,21H,3-9,11-12H2,1-2H3. The van der Waals surface area contributed by atoms with Crippen molar-refractivity contribution in [2.75, 3.05) is 26.2 Å². The predicted octanol–water partition coefficient (Wildman–Crippen LogP) is 1.24. The lowest BCUT2D eigenvalue weighted by Crippen LogP contribution is -2.61. The van der Waals surface area contributed by atoms with Gasteiger partial charge < -0.3 is 5.11 Å². The van der Waals surface area contributed by atoms with Gasteiger partial charge in [0.25, 0.3) is 0 Å². The van der Waals surface area contributed by atoms with E-state index in [0.29, 0.717) is 6.54 Å². The highest BCUT2D eigenvalue weighted by Gasteiger charge is 2.35. The maximum atomic E-state index is 8.99. The van der Waals surface area contributed by atoms with Crippen molar-refractivity contribution < 1.29 is 5.11 Å². The van der Waals surface area contributed by atoms with Crippen LogP contribution in [0.1, 0.15) is 37.4 Å².